The molecule has 0 aromatic heterocycles. The molecule has 0 bridgehead atoms. The van der Waals surface area contributed by atoms with Crippen LogP contribution in [0.25, 0.3) is 0 Å². The Kier molecular flexibility index (Phi) is 6.09. The van der Waals surface area contributed by atoms with Crippen molar-refractivity contribution in [1.82, 2.24) is 0 Å². The molecule has 0 radical (unpaired) electrons. The Morgan fingerprint density at radius 2 is 2.17 bits per heavy atom. The maximum atomic E-state index is 13.3. The molecule has 0 amide bonds. The predicted octanol–water partition coefficient (Wildman–Crippen LogP) is 2.19. The molecule has 0 heterocycles. The van der Waals surface area contributed by atoms with Crippen LogP contribution in [0.4, 0.5) is 10.1 Å². The summed E-state index contributed by atoms with van der Waals surface area (Å²) in [7, 11) is 1.98. The van der Waals surface area contributed by atoms with Crippen molar-refractivity contribution in [2.75, 3.05) is 31.7 Å². The van der Waals surface area contributed by atoms with Crippen LogP contribution >= 0.6 is 0 Å². The van der Waals surface area contributed by atoms with Crippen LogP contribution in [0.2, 0.25) is 0 Å². The van der Waals surface area contributed by atoms with Gasteiger partial charge < -0.3 is 15.4 Å². The summed E-state index contributed by atoms with van der Waals surface area (Å²) in [6.07, 6.45) is 0.673. The van der Waals surface area contributed by atoms with Gasteiger partial charge in [-0.05, 0) is 44.0 Å². The van der Waals surface area contributed by atoms with E-state index in [9.17, 15) is 4.39 Å². The number of rotatable bonds is 7. The van der Waals surface area contributed by atoms with Gasteiger partial charge in [0, 0.05) is 31.9 Å². The number of benzene rings is 1. The van der Waals surface area contributed by atoms with Crippen LogP contribution < -0.4 is 10.6 Å². The second-order valence-corrected chi connectivity index (χ2v) is 4.57. The van der Waals surface area contributed by atoms with Gasteiger partial charge in [-0.3, -0.25) is 0 Å². The van der Waals surface area contributed by atoms with Gasteiger partial charge in [0.15, 0.2) is 0 Å². The molecule has 1 aromatic rings. The first kappa shape index (κ1) is 14.9. The Morgan fingerprint density at radius 3 is 2.78 bits per heavy atom. The standard InChI is InChI=1S/C14H23FN2O/c1-4-18-8-7-17(3)14-6-5-13(15)10-12(14)9-11(2)16/h5-6,10-11H,4,7-9,16H2,1-3H3. The van der Waals surface area contributed by atoms with E-state index in [0.717, 1.165) is 17.8 Å². The monoisotopic (exact) mass is 254 g/mol. The van der Waals surface area contributed by atoms with Crippen LogP contribution in [0.3, 0.4) is 0 Å². The quantitative estimate of drug-likeness (QED) is 0.758. The molecule has 1 unspecified atom stereocenters. The fourth-order valence-corrected chi connectivity index (χ4v) is 1.90. The van der Waals surface area contributed by atoms with Crippen molar-refractivity contribution >= 4 is 5.69 Å². The molecule has 2 N–H and O–H groups in total. The summed E-state index contributed by atoms with van der Waals surface area (Å²) in [6.45, 7) is 6.06. The van der Waals surface area contributed by atoms with E-state index >= 15 is 0 Å². The van der Waals surface area contributed by atoms with E-state index in [4.69, 9.17) is 10.5 Å². The highest BCUT2D eigenvalue weighted by Gasteiger charge is 2.10. The third-order valence-electron chi connectivity index (χ3n) is 2.77. The van der Waals surface area contributed by atoms with Crippen molar-refractivity contribution in [3.8, 4) is 0 Å². The first-order valence-electron chi connectivity index (χ1n) is 6.37. The van der Waals surface area contributed by atoms with Gasteiger partial charge in [0.25, 0.3) is 0 Å². The molecule has 0 aliphatic rings. The Morgan fingerprint density at radius 1 is 1.44 bits per heavy atom. The zero-order valence-electron chi connectivity index (χ0n) is 11.4. The van der Waals surface area contributed by atoms with Gasteiger partial charge in [0.1, 0.15) is 5.82 Å². The van der Waals surface area contributed by atoms with E-state index in [1.807, 2.05) is 20.9 Å². The summed E-state index contributed by atoms with van der Waals surface area (Å²) in [5.74, 6) is -0.215. The molecular formula is C14H23FN2O. The van der Waals surface area contributed by atoms with E-state index in [2.05, 4.69) is 4.90 Å². The minimum Gasteiger partial charge on any atom is -0.380 e. The molecule has 0 spiro atoms. The average molecular weight is 254 g/mol. The number of nitrogens with two attached hydrogens (primary N) is 1. The Balaban J connectivity index is 2.78. The smallest absolute Gasteiger partial charge is 0.123 e. The van der Waals surface area contributed by atoms with Crippen LogP contribution in [0.5, 0.6) is 0 Å². The van der Waals surface area contributed by atoms with Crippen molar-refractivity contribution < 1.29 is 9.13 Å². The number of anilines is 1. The second-order valence-electron chi connectivity index (χ2n) is 4.57. The highest BCUT2D eigenvalue weighted by atomic mass is 19.1. The van der Waals surface area contributed by atoms with Crippen LogP contribution in [-0.2, 0) is 11.2 Å². The number of likely N-dealkylation sites (N-methyl/N-ethyl adjacent to an activating group) is 1. The molecule has 0 fully saturated rings. The fourth-order valence-electron chi connectivity index (χ4n) is 1.90. The van der Waals surface area contributed by atoms with E-state index in [-0.39, 0.29) is 11.9 Å². The molecule has 4 heteroatoms. The molecule has 1 aromatic carbocycles. The zero-order chi connectivity index (χ0) is 13.5. The van der Waals surface area contributed by atoms with Crippen molar-refractivity contribution in [1.29, 1.82) is 0 Å². The lowest BCUT2D eigenvalue weighted by Crippen LogP contribution is -2.25. The van der Waals surface area contributed by atoms with Crippen LogP contribution in [0.15, 0.2) is 18.2 Å². The van der Waals surface area contributed by atoms with Crippen LogP contribution in [-0.4, -0.2) is 32.8 Å². The third-order valence-corrected chi connectivity index (χ3v) is 2.77. The summed E-state index contributed by atoms with van der Waals surface area (Å²) in [4.78, 5) is 2.08. The lowest BCUT2D eigenvalue weighted by Gasteiger charge is -2.23. The maximum Gasteiger partial charge on any atom is 0.123 e. The lowest BCUT2D eigenvalue weighted by molar-refractivity contribution is 0.154. The van der Waals surface area contributed by atoms with Gasteiger partial charge in [0.2, 0.25) is 0 Å². The van der Waals surface area contributed by atoms with Gasteiger partial charge >= 0.3 is 0 Å². The van der Waals surface area contributed by atoms with Crippen molar-refractivity contribution in [2.24, 2.45) is 5.73 Å². The second kappa shape index (κ2) is 7.34. The van der Waals surface area contributed by atoms with Crippen molar-refractivity contribution in [2.45, 2.75) is 26.3 Å². The SMILES string of the molecule is CCOCCN(C)c1ccc(F)cc1CC(C)N. The lowest BCUT2D eigenvalue weighted by atomic mass is 10.0. The van der Waals surface area contributed by atoms with Gasteiger partial charge in [-0.15, -0.1) is 0 Å². The first-order chi connectivity index (χ1) is 8.54. The zero-order valence-corrected chi connectivity index (χ0v) is 11.4. The number of hydrogen-bond acceptors (Lipinski definition) is 3. The summed E-state index contributed by atoms with van der Waals surface area (Å²) in [5.41, 5.74) is 7.77. The van der Waals surface area contributed by atoms with Gasteiger partial charge in [-0.1, -0.05) is 0 Å². The minimum atomic E-state index is -0.215. The molecule has 102 valence electrons. The van der Waals surface area contributed by atoms with Crippen molar-refractivity contribution in [3.05, 3.63) is 29.6 Å². The molecule has 0 aliphatic heterocycles. The van der Waals surface area contributed by atoms with E-state index in [1.165, 1.54) is 6.07 Å². The molecule has 3 nitrogen and oxygen atoms in total. The Labute approximate surface area is 109 Å². The first-order valence-corrected chi connectivity index (χ1v) is 6.37. The highest BCUT2D eigenvalue weighted by molar-refractivity contribution is 5.53. The summed E-state index contributed by atoms with van der Waals surface area (Å²) >= 11 is 0. The Hall–Kier alpha value is -1.13. The summed E-state index contributed by atoms with van der Waals surface area (Å²) in [5, 5.41) is 0. The molecule has 18 heavy (non-hydrogen) atoms. The number of halogens is 1. The molecule has 0 saturated carbocycles. The van der Waals surface area contributed by atoms with E-state index < -0.39 is 0 Å². The van der Waals surface area contributed by atoms with E-state index in [1.54, 1.807) is 12.1 Å². The number of ether oxygens (including phenoxy) is 1. The Bertz CT molecular complexity index is 369. The fraction of sp³-hybridized carbons (Fsp3) is 0.571. The molecule has 1 atom stereocenters. The van der Waals surface area contributed by atoms with Crippen LogP contribution in [0.1, 0.15) is 19.4 Å². The minimum absolute atomic E-state index is 0.0193. The third kappa shape index (κ3) is 4.63. The summed E-state index contributed by atoms with van der Waals surface area (Å²) in [6, 6.07) is 4.87. The largest absolute Gasteiger partial charge is 0.380 e. The highest BCUT2D eigenvalue weighted by Crippen LogP contribution is 2.21. The molecular weight excluding hydrogens is 231 g/mol. The van der Waals surface area contributed by atoms with E-state index in [0.29, 0.717) is 19.6 Å². The average Bonchev–Trinajstić information content (AvgIpc) is 2.28. The molecule has 0 aliphatic carbocycles. The summed E-state index contributed by atoms with van der Waals surface area (Å²) < 4.78 is 18.6. The van der Waals surface area contributed by atoms with Crippen LogP contribution in [0, 0.1) is 5.82 Å². The van der Waals surface area contributed by atoms with Gasteiger partial charge in [0.05, 0.1) is 6.61 Å². The predicted molar refractivity (Wildman–Crippen MR) is 73.5 cm³/mol. The van der Waals surface area contributed by atoms with Gasteiger partial charge in [-0.25, -0.2) is 4.39 Å². The maximum absolute atomic E-state index is 13.3. The normalized spacial score (nSPS) is 12.5. The molecule has 0 saturated heterocycles. The van der Waals surface area contributed by atoms with Gasteiger partial charge in [-0.2, -0.15) is 0 Å². The number of nitrogens with zero attached hydrogens (tertiary/aromatic N) is 1. The topological polar surface area (TPSA) is 38.5 Å². The van der Waals surface area contributed by atoms with Crippen molar-refractivity contribution in [3.63, 3.8) is 0 Å². The molecule has 1 rings (SSSR count). The number of hydrogen-bond donors (Lipinski definition) is 1.